The summed E-state index contributed by atoms with van der Waals surface area (Å²) in [4.78, 5) is 12.2. The Morgan fingerprint density at radius 3 is 3.00 bits per heavy atom. The average molecular weight is 390 g/mol. The number of fused-ring (bicyclic) bond motifs is 3. The van der Waals surface area contributed by atoms with Crippen molar-refractivity contribution in [2.45, 2.75) is 64.3 Å². The summed E-state index contributed by atoms with van der Waals surface area (Å²) in [5, 5.41) is 5.78. The maximum absolute atomic E-state index is 14.8. The molecule has 1 aromatic carbocycles. The molecule has 6 heteroatoms. The first-order chi connectivity index (χ1) is 13.0. The van der Waals surface area contributed by atoms with Crippen molar-refractivity contribution in [1.82, 2.24) is 14.5 Å². The maximum atomic E-state index is 14.8. The zero-order valence-corrected chi connectivity index (χ0v) is 17.2. The number of aryl methyl sites for hydroxylation is 1. The number of rotatable bonds is 4. The largest absolute Gasteiger partial charge is 0.296 e. The molecule has 1 aromatic heterocycles. The zero-order valence-electron chi connectivity index (χ0n) is 16.3. The van der Waals surface area contributed by atoms with Crippen LogP contribution in [-0.2, 0) is 5.54 Å². The summed E-state index contributed by atoms with van der Waals surface area (Å²) in [6.07, 6.45) is 10.2. The van der Waals surface area contributed by atoms with Crippen molar-refractivity contribution in [2.75, 3.05) is 6.26 Å². The highest BCUT2D eigenvalue weighted by Crippen LogP contribution is 2.51. The minimum absolute atomic E-state index is 0.00381. The Morgan fingerprint density at radius 2 is 2.26 bits per heavy atom. The Morgan fingerprint density at radius 1 is 1.44 bits per heavy atom. The Hall–Kier alpha value is -1.56. The topological polar surface area (TPSA) is 46.9 Å². The molecule has 3 atom stereocenters. The quantitative estimate of drug-likeness (QED) is 0.732. The van der Waals surface area contributed by atoms with Crippen molar-refractivity contribution in [3.63, 3.8) is 0 Å². The molecule has 1 heterocycles. The summed E-state index contributed by atoms with van der Waals surface area (Å²) in [7, 11) is 0. The number of benzene rings is 1. The molecule has 27 heavy (non-hydrogen) atoms. The molecular weight excluding hydrogens is 361 g/mol. The van der Waals surface area contributed by atoms with Gasteiger partial charge in [-0.05, 0) is 50.5 Å². The van der Waals surface area contributed by atoms with E-state index in [9.17, 15) is 9.18 Å². The number of aromatic nitrogens is 2. The molecule has 1 N–H and O–H groups in total. The first-order valence-corrected chi connectivity index (χ1v) is 11.2. The second-order valence-corrected chi connectivity index (χ2v) is 8.99. The van der Waals surface area contributed by atoms with Crippen molar-refractivity contribution >= 4 is 28.8 Å². The van der Waals surface area contributed by atoms with E-state index in [2.05, 4.69) is 16.3 Å². The second-order valence-electron chi connectivity index (χ2n) is 8.38. The van der Waals surface area contributed by atoms with Gasteiger partial charge in [0.05, 0.1) is 22.3 Å². The van der Waals surface area contributed by atoms with E-state index in [0.717, 1.165) is 47.7 Å². The summed E-state index contributed by atoms with van der Waals surface area (Å²) in [5.74, 6) is 0.615. The summed E-state index contributed by atoms with van der Waals surface area (Å²) in [6, 6.07) is 3.20. The van der Waals surface area contributed by atoms with Crippen LogP contribution in [0.15, 0.2) is 12.1 Å². The number of carbonyl (C=O) groups excluding carboxylic acids is 1. The fourth-order valence-corrected chi connectivity index (χ4v) is 5.79. The minimum atomic E-state index is -0.471. The molecule has 3 unspecified atom stereocenters. The number of amides is 1. The first kappa shape index (κ1) is 18.8. The predicted octanol–water partition coefficient (Wildman–Crippen LogP) is 5.20. The molecule has 4 nitrogen and oxygen atoms in total. The maximum Gasteiger partial charge on any atom is 0.264 e. The molecule has 0 radical (unpaired) electrons. The van der Waals surface area contributed by atoms with Crippen molar-refractivity contribution in [3.05, 3.63) is 29.2 Å². The molecule has 4 rings (SSSR count). The zero-order chi connectivity index (χ0) is 19.2. The standard InChI is InChI=1S/C21H28FN3OS/c1-4-14-8-15-6-5-7-21(11-14,12-15)25-19-10-18(22)17(20(26)24-27-3)9-16(19)13(2)23-25/h9-10,14-15H,4-8,11-12H2,1-3H3,(H,24,26). The van der Waals surface area contributed by atoms with E-state index >= 15 is 0 Å². The summed E-state index contributed by atoms with van der Waals surface area (Å²) in [5.41, 5.74) is 1.80. The minimum Gasteiger partial charge on any atom is -0.296 e. The second kappa shape index (κ2) is 7.12. The third kappa shape index (κ3) is 3.16. The fourth-order valence-electron chi connectivity index (χ4n) is 5.50. The van der Waals surface area contributed by atoms with Gasteiger partial charge < -0.3 is 0 Å². The summed E-state index contributed by atoms with van der Waals surface area (Å²) < 4.78 is 19.5. The summed E-state index contributed by atoms with van der Waals surface area (Å²) in [6.45, 7) is 4.24. The SMILES string of the molecule is CCC1CC2CCCC(n3nc(C)c4cc(C(=O)NSC)c(F)cc43)(C1)C2. The van der Waals surface area contributed by atoms with Crippen LogP contribution in [-0.4, -0.2) is 21.9 Å². The molecular formula is C21H28FN3OS. The Kier molecular flexibility index (Phi) is 4.95. The number of carbonyl (C=O) groups is 1. The van der Waals surface area contributed by atoms with Gasteiger partial charge in [0.25, 0.3) is 5.91 Å². The highest BCUT2D eigenvalue weighted by atomic mass is 32.2. The van der Waals surface area contributed by atoms with Crippen LogP contribution in [0, 0.1) is 24.6 Å². The van der Waals surface area contributed by atoms with Crippen LogP contribution in [0.3, 0.4) is 0 Å². The van der Waals surface area contributed by atoms with Gasteiger partial charge in [0.2, 0.25) is 0 Å². The van der Waals surface area contributed by atoms with Crippen LogP contribution in [0.2, 0.25) is 0 Å². The number of halogens is 1. The molecule has 2 bridgehead atoms. The summed E-state index contributed by atoms with van der Waals surface area (Å²) >= 11 is 1.18. The number of hydrogen-bond donors (Lipinski definition) is 1. The lowest BCUT2D eigenvalue weighted by Gasteiger charge is -2.48. The lowest BCUT2D eigenvalue weighted by Crippen LogP contribution is -2.45. The molecule has 1 amide bonds. The predicted molar refractivity (Wildman–Crippen MR) is 108 cm³/mol. The lowest BCUT2D eigenvalue weighted by atomic mass is 9.63. The fraction of sp³-hybridized carbons (Fsp3) is 0.619. The van der Waals surface area contributed by atoms with Gasteiger partial charge in [0, 0.05) is 17.7 Å². The van der Waals surface area contributed by atoms with E-state index < -0.39 is 11.7 Å². The molecule has 2 aromatic rings. The molecule has 0 spiro atoms. The Bertz CT molecular complexity index is 880. The number of nitrogens with zero attached hydrogens (tertiary/aromatic N) is 2. The Labute approximate surface area is 164 Å². The highest BCUT2D eigenvalue weighted by molar-refractivity contribution is 7.97. The van der Waals surface area contributed by atoms with Crippen molar-refractivity contribution < 1.29 is 9.18 Å². The van der Waals surface area contributed by atoms with Crippen LogP contribution >= 0.6 is 11.9 Å². The van der Waals surface area contributed by atoms with Crippen LogP contribution in [0.1, 0.15) is 67.9 Å². The number of nitrogens with one attached hydrogen (secondary N) is 1. The monoisotopic (exact) mass is 389 g/mol. The van der Waals surface area contributed by atoms with Crippen LogP contribution in [0.4, 0.5) is 4.39 Å². The van der Waals surface area contributed by atoms with Crippen molar-refractivity contribution in [3.8, 4) is 0 Å². The first-order valence-electron chi connectivity index (χ1n) is 10.00. The van der Waals surface area contributed by atoms with Gasteiger partial charge >= 0.3 is 0 Å². The average Bonchev–Trinajstić information content (AvgIpc) is 2.97. The highest BCUT2D eigenvalue weighted by Gasteiger charge is 2.45. The van der Waals surface area contributed by atoms with Crippen LogP contribution in [0.5, 0.6) is 0 Å². The van der Waals surface area contributed by atoms with E-state index in [0.29, 0.717) is 0 Å². The Balaban J connectivity index is 1.83. The molecule has 2 aliphatic carbocycles. The lowest BCUT2D eigenvalue weighted by molar-refractivity contribution is 0.0409. The molecule has 0 saturated heterocycles. The number of hydrogen-bond acceptors (Lipinski definition) is 3. The van der Waals surface area contributed by atoms with E-state index in [1.54, 1.807) is 12.3 Å². The molecule has 2 saturated carbocycles. The third-order valence-electron chi connectivity index (χ3n) is 6.68. The molecule has 2 fully saturated rings. The van der Waals surface area contributed by atoms with Gasteiger partial charge in [-0.2, -0.15) is 5.10 Å². The van der Waals surface area contributed by atoms with E-state index in [1.165, 1.54) is 43.7 Å². The van der Waals surface area contributed by atoms with Crippen LogP contribution in [0.25, 0.3) is 10.9 Å². The normalized spacial score (nSPS) is 27.7. The van der Waals surface area contributed by atoms with Crippen LogP contribution < -0.4 is 4.72 Å². The molecule has 2 aliphatic rings. The van der Waals surface area contributed by atoms with Crippen molar-refractivity contribution in [2.24, 2.45) is 11.8 Å². The van der Waals surface area contributed by atoms with Crippen molar-refractivity contribution in [1.29, 1.82) is 0 Å². The van der Waals surface area contributed by atoms with E-state index in [1.807, 2.05) is 6.92 Å². The smallest absolute Gasteiger partial charge is 0.264 e. The van der Waals surface area contributed by atoms with Gasteiger partial charge in [0.1, 0.15) is 5.82 Å². The third-order valence-corrected chi connectivity index (χ3v) is 7.07. The molecule has 0 aliphatic heterocycles. The van der Waals surface area contributed by atoms with Gasteiger partial charge in [-0.25, -0.2) is 4.39 Å². The van der Waals surface area contributed by atoms with E-state index in [-0.39, 0.29) is 11.1 Å². The van der Waals surface area contributed by atoms with Gasteiger partial charge in [-0.3, -0.25) is 14.2 Å². The van der Waals surface area contributed by atoms with Gasteiger partial charge in [0.15, 0.2) is 0 Å². The molecule has 146 valence electrons. The van der Waals surface area contributed by atoms with Gasteiger partial charge in [-0.1, -0.05) is 38.1 Å². The van der Waals surface area contributed by atoms with E-state index in [4.69, 9.17) is 5.10 Å². The van der Waals surface area contributed by atoms with Gasteiger partial charge in [-0.15, -0.1) is 0 Å².